The van der Waals surface area contributed by atoms with Gasteiger partial charge in [0.2, 0.25) is 0 Å². The lowest BCUT2D eigenvalue weighted by atomic mass is 10.1. The SMILES string of the molecule is Cc1c(N)cccc1SCc1ccccc1C#N. The molecule has 2 N–H and O–H groups in total. The number of nitrogens with two attached hydrogens (primary N) is 1. The molecule has 0 spiro atoms. The quantitative estimate of drug-likeness (QED) is 0.670. The van der Waals surface area contributed by atoms with Crippen LogP contribution in [0.4, 0.5) is 5.69 Å². The molecule has 0 aliphatic carbocycles. The predicted molar refractivity (Wildman–Crippen MR) is 76.3 cm³/mol. The van der Waals surface area contributed by atoms with Gasteiger partial charge < -0.3 is 5.73 Å². The monoisotopic (exact) mass is 254 g/mol. The molecule has 2 aromatic carbocycles. The van der Waals surface area contributed by atoms with Crippen LogP contribution >= 0.6 is 11.8 Å². The van der Waals surface area contributed by atoms with Gasteiger partial charge in [-0.25, -0.2) is 0 Å². The molecular weight excluding hydrogens is 240 g/mol. The van der Waals surface area contributed by atoms with Crippen molar-refractivity contribution in [2.24, 2.45) is 0 Å². The van der Waals surface area contributed by atoms with Crippen molar-refractivity contribution < 1.29 is 0 Å². The molecule has 90 valence electrons. The average molecular weight is 254 g/mol. The summed E-state index contributed by atoms with van der Waals surface area (Å²) >= 11 is 1.71. The molecule has 0 bridgehead atoms. The van der Waals surface area contributed by atoms with Gasteiger partial charge >= 0.3 is 0 Å². The van der Waals surface area contributed by atoms with Crippen LogP contribution in [-0.2, 0) is 5.75 Å². The zero-order valence-corrected chi connectivity index (χ0v) is 11.0. The van der Waals surface area contributed by atoms with E-state index in [-0.39, 0.29) is 0 Å². The second-order valence-corrected chi connectivity index (χ2v) is 5.05. The van der Waals surface area contributed by atoms with Gasteiger partial charge in [-0.15, -0.1) is 11.8 Å². The second kappa shape index (κ2) is 5.61. The van der Waals surface area contributed by atoms with Crippen LogP contribution in [0.25, 0.3) is 0 Å². The van der Waals surface area contributed by atoms with E-state index in [1.54, 1.807) is 11.8 Å². The van der Waals surface area contributed by atoms with E-state index in [4.69, 9.17) is 11.0 Å². The van der Waals surface area contributed by atoms with Crippen molar-refractivity contribution in [1.29, 1.82) is 5.26 Å². The number of hydrogen-bond acceptors (Lipinski definition) is 3. The molecule has 18 heavy (non-hydrogen) atoms. The molecule has 0 atom stereocenters. The molecule has 0 unspecified atom stereocenters. The van der Waals surface area contributed by atoms with Crippen LogP contribution in [0.5, 0.6) is 0 Å². The number of nitrogen functional groups attached to an aromatic ring is 1. The van der Waals surface area contributed by atoms with Gasteiger partial charge in [0, 0.05) is 16.3 Å². The topological polar surface area (TPSA) is 49.8 Å². The third-order valence-electron chi connectivity index (χ3n) is 2.85. The number of nitrogens with zero attached hydrogens (tertiary/aromatic N) is 1. The highest BCUT2D eigenvalue weighted by Crippen LogP contribution is 2.29. The Kier molecular flexibility index (Phi) is 3.91. The predicted octanol–water partition coefficient (Wildman–Crippen LogP) is 3.74. The third kappa shape index (κ3) is 2.66. The van der Waals surface area contributed by atoms with Crippen molar-refractivity contribution in [3.8, 4) is 6.07 Å². The second-order valence-electron chi connectivity index (χ2n) is 4.03. The largest absolute Gasteiger partial charge is 0.398 e. The van der Waals surface area contributed by atoms with E-state index in [0.717, 1.165) is 28.1 Å². The number of benzene rings is 2. The standard InChI is InChI=1S/C15H14N2S/c1-11-14(17)7-4-8-15(11)18-10-13-6-3-2-5-12(13)9-16/h2-8H,10,17H2,1H3. The van der Waals surface area contributed by atoms with E-state index in [1.165, 1.54) is 4.90 Å². The lowest BCUT2D eigenvalue weighted by Gasteiger charge is -2.08. The molecule has 0 amide bonds. The molecule has 0 aliphatic rings. The zero-order valence-electron chi connectivity index (χ0n) is 10.2. The maximum absolute atomic E-state index is 9.04. The normalized spacial score (nSPS) is 10.0. The van der Waals surface area contributed by atoms with E-state index in [2.05, 4.69) is 12.1 Å². The first kappa shape index (κ1) is 12.5. The fourth-order valence-corrected chi connectivity index (χ4v) is 2.77. The number of nitriles is 1. The van der Waals surface area contributed by atoms with Crippen LogP contribution in [0.3, 0.4) is 0 Å². The Bertz CT molecular complexity index is 600. The fraction of sp³-hybridized carbons (Fsp3) is 0.133. The van der Waals surface area contributed by atoms with Crippen molar-refractivity contribution in [1.82, 2.24) is 0 Å². The van der Waals surface area contributed by atoms with E-state index >= 15 is 0 Å². The third-order valence-corrected chi connectivity index (χ3v) is 4.06. The van der Waals surface area contributed by atoms with Crippen molar-refractivity contribution in [2.45, 2.75) is 17.6 Å². The number of thioether (sulfide) groups is 1. The van der Waals surface area contributed by atoms with Crippen LogP contribution in [0.1, 0.15) is 16.7 Å². The summed E-state index contributed by atoms with van der Waals surface area (Å²) in [4.78, 5) is 1.17. The van der Waals surface area contributed by atoms with E-state index in [9.17, 15) is 0 Å². The Morgan fingerprint density at radius 3 is 2.72 bits per heavy atom. The van der Waals surface area contributed by atoms with Crippen molar-refractivity contribution in [3.05, 3.63) is 59.2 Å². The van der Waals surface area contributed by atoms with Crippen molar-refractivity contribution >= 4 is 17.4 Å². The minimum Gasteiger partial charge on any atom is -0.398 e. The van der Waals surface area contributed by atoms with Gasteiger partial charge in [0.05, 0.1) is 11.6 Å². The highest BCUT2D eigenvalue weighted by molar-refractivity contribution is 7.98. The summed E-state index contributed by atoms with van der Waals surface area (Å²) in [6, 6.07) is 15.8. The van der Waals surface area contributed by atoms with Crippen molar-refractivity contribution in [2.75, 3.05) is 5.73 Å². The van der Waals surface area contributed by atoms with Gasteiger partial charge in [-0.2, -0.15) is 5.26 Å². The summed E-state index contributed by atoms with van der Waals surface area (Å²) < 4.78 is 0. The molecule has 2 aromatic rings. The van der Waals surface area contributed by atoms with Gasteiger partial charge in [-0.05, 0) is 36.2 Å². The lowest BCUT2D eigenvalue weighted by Crippen LogP contribution is -1.92. The molecule has 0 heterocycles. The van der Waals surface area contributed by atoms with Gasteiger partial charge in [-0.1, -0.05) is 24.3 Å². The van der Waals surface area contributed by atoms with Crippen molar-refractivity contribution in [3.63, 3.8) is 0 Å². The lowest BCUT2D eigenvalue weighted by molar-refractivity contribution is 1.29. The van der Waals surface area contributed by atoms with E-state index in [0.29, 0.717) is 0 Å². The average Bonchev–Trinajstić information content (AvgIpc) is 2.41. The first-order chi connectivity index (χ1) is 8.72. The summed E-state index contributed by atoms with van der Waals surface area (Å²) in [5.41, 5.74) is 9.61. The molecule has 0 saturated carbocycles. The first-order valence-corrected chi connectivity index (χ1v) is 6.67. The maximum atomic E-state index is 9.04. The number of hydrogen-bond donors (Lipinski definition) is 1. The summed E-state index contributed by atoms with van der Waals surface area (Å²) in [5, 5.41) is 9.04. The van der Waals surface area contributed by atoms with Gasteiger partial charge in [0.15, 0.2) is 0 Å². The molecule has 2 rings (SSSR count). The van der Waals surface area contributed by atoms with Crippen LogP contribution in [0.15, 0.2) is 47.4 Å². The Morgan fingerprint density at radius 2 is 1.94 bits per heavy atom. The first-order valence-electron chi connectivity index (χ1n) is 5.68. The molecule has 3 heteroatoms. The van der Waals surface area contributed by atoms with Gasteiger partial charge in [0.25, 0.3) is 0 Å². The minimum absolute atomic E-state index is 0.742. The molecule has 2 nitrogen and oxygen atoms in total. The van der Waals surface area contributed by atoms with Crippen LogP contribution < -0.4 is 5.73 Å². The highest BCUT2D eigenvalue weighted by Gasteiger charge is 2.05. The number of rotatable bonds is 3. The summed E-state index contributed by atoms with van der Waals surface area (Å²) in [5.74, 6) is 0.786. The molecule has 0 saturated heterocycles. The Labute approximate surface area is 111 Å². The van der Waals surface area contributed by atoms with E-state index < -0.39 is 0 Å². The number of anilines is 1. The maximum Gasteiger partial charge on any atom is 0.0994 e. The molecule has 0 fully saturated rings. The van der Waals surface area contributed by atoms with Crippen LogP contribution in [0, 0.1) is 18.3 Å². The molecule has 0 radical (unpaired) electrons. The summed E-state index contributed by atoms with van der Waals surface area (Å²) in [6.45, 7) is 2.02. The molecule has 0 aliphatic heterocycles. The van der Waals surface area contributed by atoms with Crippen LogP contribution in [-0.4, -0.2) is 0 Å². The van der Waals surface area contributed by atoms with Gasteiger partial charge in [-0.3, -0.25) is 0 Å². The van der Waals surface area contributed by atoms with E-state index in [1.807, 2.05) is 43.3 Å². The Morgan fingerprint density at radius 1 is 1.17 bits per heavy atom. The zero-order chi connectivity index (χ0) is 13.0. The summed E-state index contributed by atoms with van der Waals surface area (Å²) in [7, 11) is 0. The van der Waals surface area contributed by atoms with Crippen LogP contribution in [0.2, 0.25) is 0 Å². The van der Waals surface area contributed by atoms with Gasteiger partial charge in [0.1, 0.15) is 0 Å². The Hall–Kier alpha value is -1.92. The fourth-order valence-electron chi connectivity index (χ4n) is 1.70. The smallest absolute Gasteiger partial charge is 0.0994 e. The summed E-state index contributed by atoms with van der Waals surface area (Å²) in [6.07, 6.45) is 0. The molecular formula is C15H14N2S. The minimum atomic E-state index is 0.742. The molecule has 0 aromatic heterocycles. The Balaban J connectivity index is 2.17. The highest BCUT2D eigenvalue weighted by atomic mass is 32.2.